The van der Waals surface area contributed by atoms with Gasteiger partial charge >= 0.3 is 5.97 Å². The van der Waals surface area contributed by atoms with Gasteiger partial charge in [-0.3, -0.25) is 9.59 Å². The van der Waals surface area contributed by atoms with Crippen molar-refractivity contribution in [3.8, 4) is 0 Å². The Labute approximate surface area is 103 Å². The molecule has 18 heavy (non-hydrogen) atoms. The first-order valence-electron chi connectivity index (χ1n) is 5.45. The monoisotopic (exact) mass is 252 g/mol. The minimum absolute atomic E-state index is 0.0725. The van der Waals surface area contributed by atoms with Gasteiger partial charge in [-0.15, -0.1) is 0 Å². The summed E-state index contributed by atoms with van der Waals surface area (Å²) < 4.78 is 17.8. The van der Waals surface area contributed by atoms with Crippen LogP contribution in [0.25, 0.3) is 0 Å². The number of rotatable bonds is 2. The summed E-state index contributed by atoms with van der Waals surface area (Å²) in [4.78, 5) is 24.5. The Balaban J connectivity index is 2.24. The fourth-order valence-electron chi connectivity index (χ4n) is 2.03. The molecule has 0 aromatic heterocycles. The molecule has 6 heteroatoms. The van der Waals surface area contributed by atoms with E-state index in [1.165, 1.54) is 30.2 Å². The van der Waals surface area contributed by atoms with Crippen LogP contribution >= 0.6 is 0 Å². The molecule has 1 unspecified atom stereocenters. The number of benzene rings is 1. The Morgan fingerprint density at radius 3 is 2.83 bits per heavy atom. The van der Waals surface area contributed by atoms with Gasteiger partial charge in [0.2, 0.25) is 5.91 Å². The molecule has 1 aromatic carbocycles. The summed E-state index contributed by atoms with van der Waals surface area (Å²) in [6.45, 7) is 0.189. The number of ether oxygens (including phenoxy) is 1. The van der Waals surface area contributed by atoms with Gasteiger partial charge in [0.05, 0.1) is 13.0 Å². The smallest absolute Gasteiger partial charge is 0.311 e. The molecule has 1 aliphatic heterocycles. The number of amides is 1. The van der Waals surface area contributed by atoms with E-state index in [0.29, 0.717) is 5.69 Å². The molecule has 2 rings (SSSR count). The van der Waals surface area contributed by atoms with Gasteiger partial charge in [-0.05, 0) is 18.2 Å². The number of esters is 1. The molecular formula is C12H13FN2O3. The van der Waals surface area contributed by atoms with Crippen LogP contribution < -0.4 is 10.6 Å². The molecule has 1 amide bonds. The molecule has 0 saturated carbocycles. The van der Waals surface area contributed by atoms with Crippen LogP contribution in [0.3, 0.4) is 0 Å². The first kappa shape index (κ1) is 12.3. The molecule has 2 N–H and O–H groups in total. The maximum absolute atomic E-state index is 13.2. The summed E-state index contributed by atoms with van der Waals surface area (Å²) >= 11 is 0. The molecule has 1 aromatic rings. The van der Waals surface area contributed by atoms with E-state index in [-0.39, 0.29) is 24.6 Å². The number of hydrogen-bond acceptors (Lipinski definition) is 4. The molecular weight excluding hydrogens is 239 g/mol. The van der Waals surface area contributed by atoms with Crippen LogP contribution in [0, 0.1) is 11.7 Å². The van der Waals surface area contributed by atoms with Gasteiger partial charge in [-0.1, -0.05) is 0 Å². The largest absolute Gasteiger partial charge is 0.469 e. The average Bonchev–Trinajstić information content (AvgIpc) is 2.69. The minimum Gasteiger partial charge on any atom is -0.469 e. The number of carbonyl (C=O) groups excluding carboxylic acids is 2. The van der Waals surface area contributed by atoms with E-state index in [1.807, 2.05) is 0 Å². The standard InChI is InChI=1S/C12H13FN2O3/c1-18-12(17)7-2-11(16)15(6-7)10-4-8(13)3-9(14)5-10/h3-5,7H,2,6,14H2,1H3. The first-order valence-corrected chi connectivity index (χ1v) is 5.45. The van der Waals surface area contributed by atoms with Gasteiger partial charge in [0.15, 0.2) is 0 Å². The molecule has 96 valence electrons. The summed E-state index contributed by atoms with van der Waals surface area (Å²) in [7, 11) is 1.27. The number of carbonyl (C=O) groups is 2. The molecule has 1 atom stereocenters. The predicted octanol–water partition coefficient (Wildman–Crippen LogP) is 0.934. The Morgan fingerprint density at radius 2 is 2.22 bits per heavy atom. The molecule has 1 heterocycles. The SMILES string of the molecule is COC(=O)C1CC(=O)N(c2cc(N)cc(F)c2)C1. The van der Waals surface area contributed by atoms with Crippen LogP contribution in [0.2, 0.25) is 0 Å². The maximum atomic E-state index is 13.2. The highest BCUT2D eigenvalue weighted by Gasteiger charge is 2.35. The van der Waals surface area contributed by atoms with Crippen LogP contribution in [0.5, 0.6) is 0 Å². The normalized spacial score (nSPS) is 19.1. The summed E-state index contributed by atoms with van der Waals surface area (Å²) in [6.07, 6.45) is 0.0725. The van der Waals surface area contributed by atoms with E-state index >= 15 is 0 Å². The van der Waals surface area contributed by atoms with Gasteiger partial charge in [-0.25, -0.2) is 4.39 Å². The summed E-state index contributed by atoms with van der Waals surface area (Å²) in [5.41, 5.74) is 6.12. The first-order chi connectivity index (χ1) is 8.51. The number of methoxy groups -OCH3 is 1. The van der Waals surface area contributed by atoms with Crippen LogP contribution in [-0.2, 0) is 14.3 Å². The molecule has 0 radical (unpaired) electrons. The van der Waals surface area contributed by atoms with E-state index in [1.54, 1.807) is 0 Å². The Bertz CT molecular complexity index is 484. The van der Waals surface area contributed by atoms with Gasteiger partial charge in [-0.2, -0.15) is 0 Å². The summed E-state index contributed by atoms with van der Waals surface area (Å²) in [5, 5.41) is 0. The highest BCUT2D eigenvalue weighted by molar-refractivity contribution is 5.99. The summed E-state index contributed by atoms with van der Waals surface area (Å²) in [6, 6.07) is 3.89. The van der Waals surface area contributed by atoms with Crippen molar-refractivity contribution >= 4 is 23.3 Å². The second kappa shape index (κ2) is 4.64. The molecule has 0 bridgehead atoms. The lowest BCUT2D eigenvalue weighted by molar-refractivity contribution is -0.145. The fourth-order valence-corrected chi connectivity index (χ4v) is 2.03. The van der Waals surface area contributed by atoms with Crippen LogP contribution in [0.1, 0.15) is 6.42 Å². The fraction of sp³-hybridized carbons (Fsp3) is 0.333. The van der Waals surface area contributed by atoms with Crippen molar-refractivity contribution in [2.75, 3.05) is 24.3 Å². The minimum atomic E-state index is -0.515. The number of halogens is 1. The van der Waals surface area contributed by atoms with Gasteiger partial charge < -0.3 is 15.4 Å². The highest BCUT2D eigenvalue weighted by atomic mass is 19.1. The molecule has 5 nitrogen and oxygen atoms in total. The second-order valence-corrected chi connectivity index (χ2v) is 4.17. The number of hydrogen-bond donors (Lipinski definition) is 1. The van der Waals surface area contributed by atoms with E-state index in [4.69, 9.17) is 5.73 Å². The third kappa shape index (κ3) is 2.27. The Kier molecular flexibility index (Phi) is 3.18. The maximum Gasteiger partial charge on any atom is 0.311 e. The third-order valence-electron chi connectivity index (χ3n) is 2.88. The zero-order chi connectivity index (χ0) is 13.3. The van der Waals surface area contributed by atoms with E-state index < -0.39 is 17.7 Å². The Hall–Kier alpha value is -2.11. The van der Waals surface area contributed by atoms with Crippen molar-refractivity contribution in [2.45, 2.75) is 6.42 Å². The number of nitrogens with two attached hydrogens (primary N) is 1. The average molecular weight is 252 g/mol. The molecule has 1 fully saturated rings. The van der Waals surface area contributed by atoms with Crippen molar-refractivity contribution in [2.24, 2.45) is 5.92 Å². The van der Waals surface area contributed by atoms with Crippen molar-refractivity contribution in [1.29, 1.82) is 0 Å². The predicted molar refractivity (Wildman–Crippen MR) is 63.3 cm³/mol. The zero-order valence-electron chi connectivity index (χ0n) is 9.85. The lowest BCUT2D eigenvalue weighted by atomic mass is 10.1. The lowest BCUT2D eigenvalue weighted by Gasteiger charge is -2.16. The van der Waals surface area contributed by atoms with Crippen molar-refractivity contribution in [3.63, 3.8) is 0 Å². The molecule has 0 spiro atoms. The molecule has 1 saturated heterocycles. The molecule has 0 aliphatic carbocycles. The van der Waals surface area contributed by atoms with E-state index in [0.717, 1.165) is 0 Å². The van der Waals surface area contributed by atoms with Crippen LogP contribution in [0.15, 0.2) is 18.2 Å². The number of nitrogens with zero attached hydrogens (tertiary/aromatic N) is 1. The van der Waals surface area contributed by atoms with Gasteiger partial charge in [0.25, 0.3) is 0 Å². The van der Waals surface area contributed by atoms with Crippen molar-refractivity contribution in [1.82, 2.24) is 0 Å². The highest BCUT2D eigenvalue weighted by Crippen LogP contribution is 2.27. The molecule has 1 aliphatic rings. The number of nitrogen functional groups attached to an aromatic ring is 1. The quantitative estimate of drug-likeness (QED) is 0.628. The number of anilines is 2. The van der Waals surface area contributed by atoms with Crippen molar-refractivity contribution < 1.29 is 18.7 Å². The second-order valence-electron chi connectivity index (χ2n) is 4.17. The van der Waals surface area contributed by atoms with Crippen LogP contribution in [0.4, 0.5) is 15.8 Å². The van der Waals surface area contributed by atoms with Crippen molar-refractivity contribution in [3.05, 3.63) is 24.0 Å². The summed E-state index contributed by atoms with van der Waals surface area (Å²) in [5.74, 6) is -1.70. The van der Waals surface area contributed by atoms with E-state index in [9.17, 15) is 14.0 Å². The van der Waals surface area contributed by atoms with Gasteiger partial charge in [0, 0.05) is 24.3 Å². The third-order valence-corrected chi connectivity index (χ3v) is 2.88. The van der Waals surface area contributed by atoms with Gasteiger partial charge in [0.1, 0.15) is 5.82 Å². The lowest BCUT2D eigenvalue weighted by Crippen LogP contribution is -2.26. The topological polar surface area (TPSA) is 72.6 Å². The zero-order valence-corrected chi connectivity index (χ0v) is 9.85. The Morgan fingerprint density at radius 1 is 1.50 bits per heavy atom. The van der Waals surface area contributed by atoms with Crippen LogP contribution in [-0.4, -0.2) is 25.5 Å². The van der Waals surface area contributed by atoms with E-state index in [2.05, 4.69) is 4.74 Å².